The summed E-state index contributed by atoms with van der Waals surface area (Å²) < 4.78 is 11.3. The highest BCUT2D eigenvalue weighted by Gasteiger charge is 2.28. The van der Waals surface area contributed by atoms with Crippen molar-refractivity contribution in [3.05, 3.63) is 59.7 Å². The number of esters is 2. The summed E-state index contributed by atoms with van der Waals surface area (Å²) in [6, 6.07) is 14.2. The molecule has 0 radical (unpaired) electrons. The summed E-state index contributed by atoms with van der Waals surface area (Å²) >= 11 is 0. The van der Waals surface area contributed by atoms with Gasteiger partial charge in [-0.2, -0.15) is 0 Å². The predicted octanol–water partition coefficient (Wildman–Crippen LogP) is 6.07. The smallest absolute Gasteiger partial charge is 0.316 e. The highest BCUT2D eigenvalue weighted by Crippen LogP contribution is 2.29. The van der Waals surface area contributed by atoms with Crippen molar-refractivity contribution in [1.29, 1.82) is 0 Å². The Bertz CT molecular complexity index is 1010. The third-order valence-corrected chi connectivity index (χ3v) is 5.34. The Morgan fingerprint density at radius 1 is 0.714 bits per heavy atom. The SMILES string of the molecule is CC(C)(C)C(=O)Oc1cc(CN(CC(=O)c2ccccc2)C(C)(C)C)cc(OC(=O)C(C)(C)C)c1. The molecule has 0 unspecified atom stereocenters. The first kappa shape index (κ1) is 28.2. The number of benzene rings is 2. The lowest BCUT2D eigenvalue weighted by atomic mass is 9.97. The molecule has 0 amide bonds. The van der Waals surface area contributed by atoms with Gasteiger partial charge < -0.3 is 9.47 Å². The lowest BCUT2D eigenvalue weighted by molar-refractivity contribution is -0.143. The predicted molar refractivity (Wildman–Crippen MR) is 138 cm³/mol. The first-order valence-electron chi connectivity index (χ1n) is 11.9. The van der Waals surface area contributed by atoms with Gasteiger partial charge in [0, 0.05) is 23.7 Å². The second-order valence-electron chi connectivity index (χ2n) is 11.9. The van der Waals surface area contributed by atoms with Crippen LogP contribution in [0.25, 0.3) is 0 Å². The molecule has 0 bridgehead atoms. The van der Waals surface area contributed by atoms with Gasteiger partial charge in [-0.3, -0.25) is 19.3 Å². The van der Waals surface area contributed by atoms with E-state index in [1.165, 1.54) is 0 Å². The van der Waals surface area contributed by atoms with E-state index in [9.17, 15) is 14.4 Å². The van der Waals surface area contributed by atoms with E-state index in [0.717, 1.165) is 5.56 Å². The minimum Gasteiger partial charge on any atom is -0.426 e. The van der Waals surface area contributed by atoms with Crippen LogP contribution in [0.5, 0.6) is 11.5 Å². The monoisotopic (exact) mass is 481 g/mol. The molecule has 0 aliphatic rings. The van der Waals surface area contributed by atoms with E-state index in [-0.39, 0.29) is 17.9 Å². The molecule has 6 heteroatoms. The fourth-order valence-corrected chi connectivity index (χ4v) is 3.00. The van der Waals surface area contributed by atoms with Gasteiger partial charge in [0.1, 0.15) is 11.5 Å². The average Bonchev–Trinajstić information content (AvgIpc) is 2.71. The standard InChI is InChI=1S/C29H39NO5/c1-27(2,3)25(32)34-22-15-20(16-23(17-22)35-26(33)28(4,5)6)18-30(29(7,8)9)19-24(31)21-13-11-10-12-14-21/h10-17H,18-19H2,1-9H3. The van der Waals surface area contributed by atoms with E-state index >= 15 is 0 Å². The molecule has 2 aromatic rings. The van der Waals surface area contributed by atoms with Crippen LogP contribution in [0, 0.1) is 10.8 Å². The van der Waals surface area contributed by atoms with Gasteiger partial charge in [0.25, 0.3) is 0 Å². The van der Waals surface area contributed by atoms with Crippen molar-refractivity contribution in [3.63, 3.8) is 0 Å². The Kier molecular flexibility index (Phi) is 8.66. The Morgan fingerprint density at radius 3 is 1.57 bits per heavy atom. The fourth-order valence-electron chi connectivity index (χ4n) is 3.00. The molecule has 6 nitrogen and oxygen atoms in total. The number of nitrogens with zero attached hydrogens (tertiary/aromatic N) is 1. The van der Waals surface area contributed by atoms with Gasteiger partial charge in [-0.15, -0.1) is 0 Å². The lowest BCUT2D eigenvalue weighted by Crippen LogP contribution is -2.43. The maximum atomic E-state index is 13.0. The van der Waals surface area contributed by atoms with Crippen molar-refractivity contribution in [3.8, 4) is 11.5 Å². The molecule has 0 N–H and O–H groups in total. The van der Waals surface area contributed by atoms with Crippen molar-refractivity contribution < 1.29 is 23.9 Å². The summed E-state index contributed by atoms with van der Waals surface area (Å²) in [6.07, 6.45) is 0. The molecule has 0 aliphatic carbocycles. The van der Waals surface area contributed by atoms with Crippen molar-refractivity contribution >= 4 is 17.7 Å². The molecule has 0 heterocycles. The highest BCUT2D eigenvalue weighted by molar-refractivity contribution is 5.97. The maximum Gasteiger partial charge on any atom is 0.316 e. The summed E-state index contributed by atoms with van der Waals surface area (Å²) in [5.74, 6) is -0.190. The van der Waals surface area contributed by atoms with Crippen LogP contribution in [-0.4, -0.2) is 34.7 Å². The maximum absolute atomic E-state index is 13.0. The van der Waals surface area contributed by atoms with Gasteiger partial charge in [0.05, 0.1) is 17.4 Å². The van der Waals surface area contributed by atoms with Crippen molar-refractivity contribution in [2.75, 3.05) is 6.54 Å². The van der Waals surface area contributed by atoms with Crippen molar-refractivity contribution in [2.24, 2.45) is 10.8 Å². The third kappa shape index (κ3) is 8.62. The number of carbonyl (C=O) groups is 3. The summed E-state index contributed by atoms with van der Waals surface area (Å²) in [6.45, 7) is 17.4. The molecule has 2 rings (SSSR count). The van der Waals surface area contributed by atoms with E-state index in [0.29, 0.717) is 23.6 Å². The second kappa shape index (κ2) is 10.7. The molecule has 0 saturated carbocycles. The second-order valence-corrected chi connectivity index (χ2v) is 11.9. The van der Waals surface area contributed by atoms with Gasteiger partial charge >= 0.3 is 11.9 Å². The molecular weight excluding hydrogens is 442 g/mol. The zero-order valence-electron chi connectivity index (χ0n) is 22.5. The Hall–Kier alpha value is -2.99. The number of ether oxygens (including phenoxy) is 2. The molecule has 0 spiro atoms. The van der Waals surface area contributed by atoms with E-state index < -0.39 is 22.8 Å². The zero-order valence-corrected chi connectivity index (χ0v) is 22.5. The van der Waals surface area contributed by atoms with Gasteiger partial charge in [-0.1, -0.05) is 30.3 Å². The van der Waals surface area contributed by atoms with Crippen LogP contribution in [0.1, 0.15) is 78.2 Å². The van der Waals surface area contributed by atoms with Crippen LogP contribution in [0.15, 0.2) is 48.5 Å². The Labute approximate surface area is 209 Å². The molecule has 0 atom stereocenters. The number of rotatable bonds is 7. The topological polar surface area (TPSA) is 72.9 Å². The first-order chi connectivity index (χ1) is 16.0. The zero-order chi connectivity index (χ0) is 26.6. The molecule has 190 valence electrons. The van der Waals surface area contributed by atoms with E-state index in [4.69, 9.17) is 9.47 Å². The average molecular weight is 482 g/mol. The minimum atomic E-state index is -0.697. The molecule has 0 aliphatic heterocycles. The molecule has 2 aromatic carbocycles. The minimum absolute atomic E-state index is 0.00947. The Balaban J connectivity index is 2.40. The molecular formula is C29H39NO5. The van der Waals surface area contributed by atoms with Gasteiger partial charge in [-0.05, 0) is 80.0 Å². The summed E-state index contributed by atoms with van der Waals surface area (Å²) in [5.41, 5.74) is -0.313. The van der Waals surface area contributed by atoms with Crippen molar-refractivity contribution in [1.82, 2.24) is 4.90 Å². The summed E-state index contributed by atoms with van der Waals surface area (Å²) in [7, 11) is 0. The Morgan fingerprint density at radius 2 is 1.17 bits per heavy atom. The van der Waals surface area contributed by atoms with Gasteiger partial charge in [0.2, 0.25) is 0 Å². The van der Waals surface area contributed by atoms with Crippen LogP contribution in [0.3, 0.4) is 0 Å². The molecule has 35 heavy (non-hydrogen) atoms. The van der Waals surface area contributed by atoms with E-state index in [1.54, 1.807) is 71.9 Å². The number of carbonyl (C=O) groups excluding carboxylic acids is 3. The number of ketones is 1. The van der Waals surface area contributed by atoms with Crippen LogP contribution in [0.2, 0.25) is 0 Å². The van der Waals surface area contributed by atoms with Crippen LogP contribution >= 0.6 is 0 Å². The van der Waals surface area contributed by atoms with Gasteiger partial charge in [0.15, 0.2) is 5.78 Å². The van der Waals surface area contributed by atoms with E-state index in [2.05, 4.69) is 0 Å². The van der Waals surface area contributed by atoms with Crippen LogP contribution in [0.4, 0.5) is 0 Å². The summed E-state index contributed by atoms with van der Waals surface area (Å²) in [5, 5.41) is 0. The number of hydrogen-bond donors (Lipinski definition) is 0. The highest BCUT2D eigenvalue weighted by atomic mass is 16.5. The van der Waals surface area contributed by atoms with Crippen molar-refractivity contribution in [2.45, 2.75) is 74.4 Å². The quantitative estimate of drug-likeness (QED) is 0.271. The molecule has 0 aromatic heterocycles. The number of hydrogen-bond acceptors (Lipinski definition) is 6. The largest absolute Gasteiger partial charge is 0.426 e. The normalized spacial score (nSPS) is 12.4. The number of Topliss-reactive ketones (excluding diaryl/α,β-unsaturated/α-hetero) is 1. The lowest BCUT2D eigenvalue weighted by Gasteiger charge is -2.35. The van der Waals surface area contributed by atoms with Gasteiger partial charge in [-0.25, -0.2) is 0 Å². The fraction of sp³-hybridized carbons (Fsp3) is 0.483. The molecule has 0 fully saturated rings. The van der Waals surface area contributed by atoms with Crippen LogP contribution < -0.4 is 9.47 Å². The van der Waals surface area contributed by atoms with E-state index in [1.807, 2.05) is 43.9 Å². The van der Waals surface area contributed by atoms with Crippen LogP contribution in [-0.2, 0) is 16.1 Å². The first-order valence-corrected chi connectivity index (χ1v) is 11.9. The molecule has 0 saturated heterocycles. The summed E-state index contributed by atoms with van der Waals surface area (Å²) in [4.78, 5) is 40.1. The third-order valence-electron chi connectivity index (χ3n) is 5.34.